The van der Waals surface area contributed by atoms with Gasteiger partial charge in [0, 0.05) is 26.0 Å². The molecule has 9 rings (SSSR count). The average Bonchev–Trinajstić information content (AvgIpc) is 3.73. The number of allylic oxidation sites excluding steroid dienone is 5. The zero-order chi connectivity index (χ0) is 50.4. The van der Waals surface area contributed by atoms with Gasteiger partial charge < -0.3 is 29.2 Å². The molecule has 4 aliphatic carbocycles. The van der Waals surface area contributed by atoms with Crippen molar-refractivity contribution in [2.24, 2.45) is 46.3 Å². The van der Waals surface area contributed by atoms with Crippen LogP contribution >= 0.6 is 0 Å². The topological polar surface area (TPSA) is 86.3 Å². The summed E-state index contributed by atoms with van der Waals surface area (Å²) in [6.07, 6.45) is 45.3. The van der Waals surface area contributed by atoms with E-state index in [0.717, 1.165) is 93.5 Å². The molecule has 72 heavy (non-hydrogen) atoms. The van der Waals surface area contributed by atoms with Gasteiger partial charge in [0.15, 0.2) is 0 Å². The molecule has 4 fully saturated rings. The molecule has 1 aromatic rings. The second-order valence-electron chi connectivity index (χ2n) is 24.6. The van der Waals surface area contributed by atoms with Crippen LogP contribution in [0, 0.1) is 46.3 Å². The van der Waals surface area contributed by atoms with Gasteiger partial charge in [-0.3, -0.25) is 0 Å². The molecule has 8 bridgehead atoms. The van der Waals surface area contributed by atoms with E-state index in [0.29, 0.717) is 24.4 Å². The molecule has 0 radical (unpaired) electrons. The number of fused-ring (bicyclic) bond motifs is 1. The molecule has 0 spiro atoms. The van der Waals surface area contributed by atoms with Crippen LogP contribution in [0.5, 0.6) is 0 Å². The van der Waals surface area contributed by atoms with Crippen molar-refractivity contribution < 1.29 is 28.5 Å². The Morgan fingerprint density at radius 1 is 0.736 bits per heavy atom. The molecule has 10 atom stereocenters. The number of ether oxygens (including phenoxy) is 4. The standard InChI is InChI=1S/C64H102N2O6/c1-50(2)28-27-32-52-31-23-17-15-13-11-9-7-5-6-8-10-12-14-16-18-26-43-69-49-55(48-66-41-24-20-25-42-66)70-44-45-71-61(67)60(46-51-29-21-19-22-30-51)65-62(68)72-54-37-39-63(3)53(47-54)33-34-56-58-36-35-57(52)64(58,4)40-38-59(56)63/h5-6,9,11,19,21-22,29-30,33,50,52,54-60H,7-8,10,12-18,20,23-28,31-32,34-49H2,1-4H3,(H,65,68)/b6-5-,11-9-/t52-,54?,55?,56+,57-,58+,59?,60+,63+,64-/m1/s1. The Hall–Kier alpha value is -2.94. The molecule has 8 aliphatic rings. The summed E-state index contributed by atoms with van der Waals surface area (Å²) in [5.41, 5.74) is 3.07. The van der Waals surface area contributed by atoms with Crippen molar-refractivity contribution in [2.45, 2.75) is 226 Å². The van der Waals surface area contributed by atoms with Gasteiger partial charge in [-0.15, -0.1) is 0 Å². The van der Waals surface area contributed by atoms with E-state index >= 15 is 0 Å². The van der Waals surface area contributed by atoms with Gasteiger partial charge in [-0.2, -0.15) is 0 Å². The van der Waals surface area contributed by atoms with E-state index in [2.05, 4.69) is 68.3 Å². The minimum absolute atomic E-state index is 0.0912. The first-order valence-electron chi connectivity index (χ1n) is 30.2. The largest absolute Gasteiger partial charge is 0.462 e. The fourth-order valence-corrected chi connectivity index (χ4v) is 15.0. The predicted molar refractivity (Wildman–Crippen MR) is 295 cm³/mol. The first kappa shape index (κ1) is 56.8. The number of esters is 1. The SMILES string of the molecule is CC(C)CCC[C@H]1CCCCC/C=C\C/C=C\CCCCCCCCOCC(CN2CCCCC2)OCCOC(=O)[C@H](Cc2ccccc2)NC(=O)OC2CC[C@@]3(C)C(=CC[C@@H]4C3CC[C@]3(C)[C@@H]1CC[C@@H]43)C2. The molecule has 1 aromatic carbocycles. The number of carbonyl (C=O) groups is 2. The fourth-order valence-electron chi connectivity index (χ4n) is 15.0. The molecule has 4 heterocycles. The molecule has 1 amide bonds. The predicted octanol–water partition coefficient (Wildman–Crippen LogP) is 15.3. The van der Waals surface area contributed by atoms with Crippen LogP contribution < -0.4 is 5.32 Å². The number of piperidine rings is 1. The molecule has 404 valence electrons. The smallest absolute Gasteiger partial charge is 0.408 e. The molecule has 0 aromatic heterocycles. The van der Waals surface area contributed by atoms with E-state index in [1.165, 1.54) is 147 Å². The quantitative estimate of drug-likeness (QED) is 0.205. The molecular formula is C64H102N2O6. The highest BCUT2D eigenvalue weighted by Crippen LogP contribution is 2.67. The third-order valence-electron chi connectivity index (χ3n) is 19.0. The lowest BCUT2D eigenvalue weighted by molar-refractivity contribution is -0.149. The van der Waals surface area contributed by atoms with E-state index < -0.39 is 18.1 Å². The first-order chi connectivity index (χ1) is 35.1. The van der Waals surface area contributed by atoms with Crippen LogP contribution in [-0.2, 0) is 30.2 Å². The van der Waals surface area contributed by atoms with Crippen molar-refractivity contribution in [3.63, 3.8) is 0 Å². The number of benzene rings is 1. The zero-order valence-corrected chi connectivity index (χ0v) is 46.1. The second kappa shape index (κ2) is 30.0. The van der Waals surface area contributed by atoms with Gasteiger partial charge in [-0.1, -0.05) is 165 Å². The van der Waals surface area contributed by atoms with Crippen molar-refractivity contribution >= 4 is 12.1 Å². The summed E-state index contributed by atoms with van der Waals surface area (Å²) >= 11 is 0. The average molecular weight is 996 g/mol. The van der Waals surface area contributed by atoms with E-state index in [4.69, 9.17) is 18.9 Å². The Labute approximate surface area is 439 Å². The molecule has 1 N–H and O–H groups in total. The number of likely N-dealkylation sites (tertiary alicyclic amines) is 1. The summed E-state index contributed by atoms with van der Waals surface area (Å²) in [6.45, 7) is 14.8. The number of carbonyl (C=O) groups excluding carboxylic acids is 2. The van der Waals surface area contributed by atoms with Crippen LogP contribution in [0.2, 0.25) is 0 Å². The minimum atomic E-state index is -0.869. The lowest BCUT2D eigenvalue weighted by atomic mass is 9.47. The molecule has 3 saturated carbocycles. The fraction of sp³-hybridized carbons (Fsp3) is 0.781. The Balaban J connectivity index is 0.989. The third-order valence-corrected chi connectivity index (χ3v) is 19.0. The van der Waals surface area contributed by atoms with Crippen molar-refractivity contribution in [3.8, 4) is 0 Å². The Kier molecular flexibility index (Phi) is 23.6. The van der Waals surface area contributed by atoms with Gasteiger partial charge in [0.05, 0.1) is 19.3 Å². The molecule has 4 aliphatic heterocycles. The Morgan fingerprint density at radius 3 is 2.24 bits per heavy atom. The maximum absolute atomic E-state index is 13.8. The summed E-state index contributed by atoms with van der Waals surface area (Å²) in [5.74, 6) is 4.31. The van der Waals surface area contributed by atoms with Crippen LogP contribution in [-0.4, -0.2) is 81.3 Å². The van der Waals surface area contributed by atoms with Crippen molar-refractivity contribution in [1.82, 2.24) is 10.2 Å². The van der Waals surface area contributed by atoms with Gasteiger partial charge in [-0.05, 0) is 161 Å². The van der Waals surface area contributed by atoms with Crippen LogP contribution in [0.3, 0.4) is 0 Å². The first-order valence-corrected chi connectivity index (χ1v) is 30.2. The summed E-state index contributed by atoms with van der Waals surface area (Å²) in [4.78, 5) is 30.1. The molecule has 3 unspecified atom stereocenters. The van der Waals surface area contributed by atoms with E-state index in [9.17, 15) is 9.59 Å². The van der Waals surface area contributed by atoms with Crippen LogP contribution in [0.15, 0.2) is 66.3 Å². The lowest BCUT2D eigenvalue weighted by Gasteiger charge is -2.58. The zero-order valence-electron chi connectivity index (χ0n) is 46.1. The number of alkyl carbamates (subject to hydrolysis) is 1. The number of nitrogens with zero attached hydrogens (tertiary/aromatic N) is 1. The normalized spacial score (nSPS) is 35.2. The van der Waals surface area contributed by atoms with Gasteiger partial charge in [-0.25, -0.2) is 9.59 Å². The number of hydrogen-bond acceptors (Lipinski definition) is 7. The Morgan fingerprint density at radius 2 is 1.46 bits per heavy atom. The van der Waals surface area contributed by atoms with E-state index in [1.54, 1.807) is 0 Å². The van der Waals surface area contributed by atoms with E-state index in [-0.39, 0.29) is 30.8 Å². The van der Waals surface area contributed by atoms with Crippen molar-refractivity contribution in [2.75, 3.05) is 46.1 Å². The van der Waals surface area contributed by atoms with Crippen LogP contribution in [0.1, 0.15) is 207 Å². The number of rotatable bonds is 8. The Bertz CT molecular complexity index is 1820. The van der Waals surface area contributed by atoms with Gasteiger partial charge in [0.25, 0.3) is 0 Å². The third kappa shape index (κ3) is 17.0. The van der Waals surface area contributed by atoms with Gasteiger partial charge in [0.2, 0.25) is 0 Å². The minimum Gasteiger partial charge on any atom is -0.462 e. The second-order valence-corrected chi connectivity index (χ2v) is 24.6. The van der Waals surface area contributed by atoms with Crippen molar-refractivity contribution in [1.29, 1.82) is 0 Å². The number of hydrogen-bond donors (Lipinski definition) is 1. The van der Waals surface area contributed by atoms with Crippen molar-refractivity contribution in [3.05, 3.63) is 71.8 Å². The summed E-state index contributed by atoms with van der Waals surface area (Å²) in [7, 11) is 0. The summed E-state index contributed by atoms with van der Waals surface area (Å²) in [5, 5.41) is 2.96. The number of nitrogens with one attached hydrogen (secondary N) is 1. The lowest BCUT2D eigenvalue weighted by Crippen LogP contribution is -2.51. The molecular weight excluding hydrogens is 893 g/mol. The highest BCUT2D eigenvalue weighted by molar-refractivity contribution is 5.81. The highest BCUT2D eigenvalue weighted by Gasteiger charge is 2.59. The summed E-state index contributed by atoms with van der Waals surface area (Å²) < 4.78 is 24.7. The highest BCUT2D eigenvalue weighted by atomic mass is 16.6. The summed E-state index contributed by atoms with van der Waals surface area (Å²) in [6, 6.07) is 8.99. The van der Waals surface area contributed by atoms with E-state index in [1.807, 2.05) is 30.3 Å². The van der Waals surface area contributed by atoms with Gasteiger partial charge >= 0.3 is 12.1 Å². The monoisotopic (exact) mass is 995 g/mol. The molecule has 1 saturated heterocycles. The molecule has 8 heteroatoms. The molecule has 8 nitrogen and oxygen atoms in total. The van der Waals surface area contributed by atoms with Crippen LogP contribution in [0.4, 0.5) is 4.79 Å². The maximum Gasteiger partial charge on any atom is 0.408 e. The van der Waals surface area contributed by atoms with Crippen LogP contribution in [0.25, 0.3) is 0 Å². The van der Waals surface area contributed by atoms with Gasteiger partial charge in [0.1, 0.15) is 18.8 Å². The number of amides is 1. The maximum atomic E-state index is 13.8.